The monoisotopic (exact) mass is 707 g/mol. The summed E-state index contributed by atoms with van der Waals surface area (Å²) in [5.41, 5.74) is 2.06. The van der Waals surface area contributed by atoms with E-state index in [1.165, 1.54) is 6.20 Å². The number of aliphatic hydroxyl groups excluding tert-OH is 2. The number of allylic oxidation sites excluding steroid dienone is 2. The topological polar surface area (TPSA) is 145 Å². The second-order valence-corrected chi connectivity index (χ2v) is 13.5. The number of carbonyl (C=O) groups is 1. The maximum atomic E-state index is 12.1. The van der Waals surface area contributed by atoms with Crippen LogP contribution in [0.25, 0.3) is 5.57 Å². The van der Waals surface area contributed by atoms with Gasteiger partial charge in [-0.3, -0.25) is 14.7 Å². The Morgan fingerprint density at radius 1 is 1.16 bits per heavy atom. The molecule has 1 saturated heterocycles. The van der Waals surface area contributed by atoms with Crippen LogP contribution in [0.1, 0.15) is 48.4 Å². The van der Waals surface area contributed by atoms with Crippen molar-refractivity contribution in [2.45, 2.75) is 62.0 Å². The molecular weight excluding hydrogens is 669 g/mol. The molecule has 0 bridgehead atoms. The van der Waals surface area contributed by atoms with Gasteiger partial charge in [-0.15, -0.1) is 11.6 Å². The highest BCUT2D eigenvalue weighted by Gasteiger charge is 2.52. The number of carboxylic acid groups (broad SMARTS) is 1. The maximum Gasteiger partial charge on any atom is 0.320 e. The van der Waals surface area contributed by atoms with E-state index in [0.29, 0.717) is 35.4 Å². The zero-order chi connectivity index (χ0) is 35.0. The van der Waals surface area contributed by atoms with Crippen LogP contribution in [0, 0.1) is 11.3 Å². The molecule has 1 fully saturated rings. The van der Waals surface area contributed by atoms with Crippen LogP contribution in [0.15, 0.2) is 79.2 Å². The fourth-order valence-electron chi connectivity index (χ4n) is 6.13. The van der Waals surface area contributed by atoms with Gasteiger partial charge in [0.1, 0.15) is 53.4 Å². The molecule has 3 N–H and O–H groups in total. The molecule has 1 aliphatic carbocycles. The van der Waals surface area contributed by atoms with Crippen molar-refractivity contribution in [3.63, 3.8) is 0 Å². The fourth-order valence-corrected chi connectivity index (χ4v) is 6.71. The first-order valence-corrected chi connectivity index (χ1v) is 16.8. The zero-order valence-electron chi connectivity index (χ0n) is 27.1. The second-order valence-electron chi connectivity index (χ2n) is 12.3. The summed E-state index contributed by atoms with van der Waals surface area (Å²) in [5.74, 6) is -0.197. The number of halogens is 2. The molecule has 2 heterocycles. The molecule has 0 spiro atoms. The van der Waals surface area contributed by atoms with Crippen LogP contribution in [0.3, 0.4) is 0 Å². The lowest BCUT2D eigenvalue weighted by Crippen LogP contribution is -2.55. The number of aromatic nitrogens is 1. The SMILES string of the molecule is CC1(Cl)C(c2ccccc2)=CC=CC1(COc1cc(OCc2cncc(C#N)c2)c(CN2CCCC[C@H]2C(=O)O)cc1Cl)OCC(O)CO. The number of nitrogens with zero attached hydrogens (tertiary/aromatic N) is 3. The number of hydrogen-bond donors (Lipinski definition) is 3. The van der Waals surface area contributed by atoms with E-state index in [1.807, 2.05) is 54.3 Å². The number of likely N-dealkylation sites (tertiary alicyclic amines) is 1. The van der Waals surface area contributed by atoms with E-state index in [4.69, 9.17) is 37.4 Å². The number of aliphatic hydroxyl groups is 2. The van der Waals surface area contributed by atoms with Crippen molar-refractivity contribution in [2.75, 3.05) is 26.4 Å². The summed E-state index contributed by atoms with van der Waals surface area (Å²) in [4.78, 5) is 16.9. The summed E-state index contributed by atoms with van der Waals surface area (Å²) < 4.78 is 19.0. The van der Waals surface area contributed by atoms with E-state index in [0.717, 1.165) is 24.0 Å². The summed E-state index contributed by atoms with van der Waals surface area (Å²) in [6.45, 7) is 1.93. The molecule has 49 heavy (non-hydrogen) atoms. The van der Waals surface area contributed by atoms with Crippen LogP contribution in [-0.2, 0) is 22.7 Å². The summed E-state index contributed by atoms with van der Waals surface area (Å²) in [6, 6.07) is 16.1. The van der Waals surface area contributed by atoms with Gasteiger partial charge in [0.05, 0.1) is 23.8 Å². The van der Waals surface area contributed by atoms with Crippen molar-refractivity contribution in [2.24, 2.45) is 0 Å². The average molecular weight is 709 g/mol. The van der Waals surface area contributed by atoms with Gasteiger partial charge in [-0.1, -0.05) is 60.5 Å². The molecule has 0 saturated carbocycles. The molecule has 3 aromatic rings. The average Bonchev–Trinajstić information content (AvgIpc) is 3.11. The summed E-state index contributed by atoms with van der Waals surface area (Å²) in [5, 5.41) is 39.2. The molecule has 2 aromatic carbocycles. The third-order valence-corrected chi connectivity index (χ3v) is 9.72. The summed E-state index contributed by atoms with van der Waals surface area (Å²) >= 11 is 14.2. The normalized spacial score (nSPS) is 22.9. The van der Waals surface area contributed by atoms with Gasteiger partial charge >= 0.3 is 5.97 Å². The van der Waals surface area contributed by atoms with Gasteiger partial charge in [-0.25, -0.2) is 0 Å². The number of nitriles is 1. The third kappa shape index (κ3) is 8.44. The number of ether oxygens (including phenoxy) is 3. The molecule has 1 aliphatic heterocycles. The maximum absolute atomic E-state index is 12.1. The molecule has 0 radical (unpaired) electrons. The van der Waals surface area contributed by atoms with Crippen LogP contribution in [0.2, 0.25) is 5.02 Å². The smallest absolute Gasteiger partial charge is 0.320 e. The molecular formula is C37H39Cl2N3O7. The Kier molecular flexibility index (Phi) is 12.0. The number of aliphatic carboxylic acids is 1. The third-order valence-electron chi connectivity index (χ3n) is 8.91. The predicted octanol–water partition coefficient (Wildman–Crippen LogP) is 5.76. The molecule has 2 aliphatic rings. The van der Waals surface area contributed by atoms with Crippen molar-refractivity contribution >= 4 is 34.7 Å². The largest absolute Gasteiger partial charge is 0.488 e. The quantitative estimate of drug-likeness (QED) is 0.177. The minimum atomic E-state index is -1.32. The van der Waals surface area contributed by atoms with E-state index in [9.17, 15) is 25.4 Å². The number of pyridine rings is 1. The number of benzene rings is 2. The van der Waals surface area contributed by atoms with Gasteiger partial charge in [0, 0.05) is 36.1 Å². The van der Waals surface area contributed by atoms with E-state index in [-0.39, 0.29) is 37.1 Å². The molecule has 3 unspecified atom stereocenters. The van der Waals surface area contributed by atoms with Gasteiger partial charge < -0.3 is 29.5 Å². The van der Waals surface area contributed by atoms with Crippen molar-refractivity contribution in [3.8, 4) is 17.6 Å². The molecule has 10 nitrogen and oxygen atoms in total. The van der Waals surface area contributed by atoms with E-state index < -0.39 is 35.2 Å². The lowest BCUT2D eigenvalue weighted by Gasteiger charge is -2.45. The molecule has 0 amide bonds. The Balaban J connectivity index is 1.47. The minimum absolute atomic E-state index is 0.0821. The van der Waals surface area contributed by atoms with Crippen molar-refractivity contribution in [1.29, 1.82) is 5.26 Å². The number of hydrogen-bond acceptors (Lipinski definition) is 9. The highest BCUT2D eigenvalue weighted by atomic mass is 35.5. The van der Waals surface area contributed by atoms with Crippen molar-refractivity contribution in [1.82, 2.24) is 9.88 Å². The van der Waals surface area contributed by atoms with Gasteiger partial charge in [0.15, 0.2) is 0 Å². The highest BCUT2D eigenvalue weighted by Crippen LogP contribution is 2.48. The Labute approximate surface area is 295 Å². The van der Waals surface area contributed by atoms with Crippen molar-refractivity contribution in [3.05, 3.63) is 106 Å². The first-order chi connectivity index (χ1) is 23.6. The van der Waals surface area contributed by atoms with Crippen LogP contribution in [0.5, 0.6) is 11.5 Å². The molecule has 4 atom stereocenters. The predicted molar refractivity (Wildman–Crippen MR) is 186 cm³/mol. The molecule has 1 aromatic heterocycles. The van der Waals surface area contributed by atoms with Crippen LogP contribution >= 0.6 is 23.2 Å². The van der Waals surface area contributed by atoms with Gasteiger partial charge in [0.2, 0.25) is 0 Å². The standard InChI is InChI=1S/C37H39Cl2N3O7/c1-36(39)30(27-8-3-2-4-9-27)10-7-12-37(36,49-23-29(44)21-43)24-48-34-16-33(47-22-26-14-25(17-40)18-41-19-26)28(15-31(34)38)20-42-13-6-5-11-32(42)35(45)46/h2-4,7-10,12,14-16,18-19,29,32,43-44H,5-6,11,13,20-24H2,1H3,(H,45,46)/t29?,32-,36?,37?/m0/s1. The Morgan fingerprint density at radius 2 is 1.96 bits per heavy atom. The van der Waals surface area contributed by atoms with Gasteiger partial charge in [-0.2, -0.15) is 5.26 Å². The fraction of sp³-hybridized carbons (Fsp3) is 0.378. The van der Waals surface area contributed by atoms with Crippen molar-refractivity contribution < 1.29 is 34.3 Å². The van der Waals surface area contributed by atoms with Crippen LogP contribution < -0.4 is 9.47 Å². The number of carboxylic acids is 1. The molecule has 258 valence electrons. The summed E-state index contributed by atoms with van der Waals surface area (Å²) in [7, 11) is 0. The number of rotatable bonds is 14. The van der Waals surface area contributed by atoms with E-state index in [1.54, 1.807) is 30.5 Å². The Morgan fingerprint density at radius 3 is 2.69 bits per heavy atom. The van der Waals surface area contributed by atoms with E-state index >= 15 is 0 Å². The lowest BCUT2D eigenvalue weighted by molar-refractivity contribution is -0.144. The van der Waals surface area contributed by atoms with Gasteiger partial charge in [0.25, 0.3) is 0 Å². The lowest BCUT2D eigenvalue weighted by atomic mass is 9.76. The van der Waals surface area contributed by atoms with E-state index in [2.05, 4.69) is 11.1 Å². The number of piperidine rings is 1. The molecule has 12 heteroatoms. The Bertz CT molecular complexity index is 1730. The second kappa shape index (κ2) is 16.2. The zero-order valence-corrected chi connectivity index (χ0v) is 28.6. The first kappa shape index (κ1) is 36.3. The van der Waals surface area contributed by atoms with Gasteiger partial charge in [-0.05, 0) is 55.7 Å². The number of alkyl halides is 1. The first-order valence-electron chi connectivity index (χ1n) is 16.0. The molecule has 5 rings (SSSR count). The summed E-state index contributed by atoms with van der Waals surface area (Å²) in [6.07, 6.45) is 9.67. The van der Waals surface area contributed by atoms with Crippen LogP contribution in [0.4, 0.5) is 0 Å². The highest BCUT2D eigenvalue weighted by molar-refractivity contribution is 6.32. The Hall–Kier alpha value is -3.95. The minimum Gasteiger partial charge on any atom is -0.488 e. The van der Waals surface area contributed by atoms with Crippen LogP contribution in [-0.4, -0.2) is 80.2 Å².